The van der Waals surface area contributed by atoms with Crippen molar-refractivity contribution in [3.63, 3.8) is 0 Å². The molecule has 1 atom stereocenters. The third-order valence-corrected chi connectivity index (χ3v) is 7.92. The third kappa shape index (κ3) is 5.75. The second-order valence-electron chi connectivity index (χ2n) is 9.43. The van der Waals surface area contributed by atoms with Crippen molar-refractivity contribution in [1.29, 1.82) is 0 Å². The first kappa shape index (κ1) is 29.9. The summed E-state index contributed by atoms with van der Waals surface area (Å²) in [5, 5.41) is 11.6. The number of hydrogen-bond acceptors (Lipinski definition) is 9. The Morgan fingerprint density at radius 2 is 2.02 bits per heavy atom. The molecule has 0 saturated heterocycles. The summed E-state index contributed by atoms with van der Waals surface area (Å²) in [5.41, 5.74) is 0.391. The van der Waals surface area contributed by atoms with Gasteiger partial charge in [0.15, 0.2) is 4.80 Å². The van der Waals surface area contributed by atoms with Crippen LogP contribution in [0.5, 0.6) is 5.75 Å². The molecule has 0 saturated carbocycles. The summed E-state index contributed by atoms with van der Waals surface area (Å²) in [6, 6.07) is 10.6. The van der Waals surface area contributed by atoms with Gasteiger partial charge in [-0.15, -0.1) is 0 Å². The molecule has 0 spiro atoms. The molecular weight excluding hydrogens is 601 g/mol. The van der Waals surface area contributed by atoms with Crippen LogP contribution in [0.1, 0.15) is 44.1 Å². The highest BCUT2D eigenvalue weighted by Gasteiger charge is 2.36. The number of thiazole rings is 1. The number of fused-ring (bicyclic) bond motifs is 1. The summed E-state index contributed by atoms with van der Waals surface area (Å²) in [4.78, 5) is 42.8. The molecule has 222 valence electrons. The van der Waals surface area contributed by atoms with Gasteiger partial charge in [-0.05, 0) is 55.8 Å². The van der Waals surface area contributed by atoms with Gasteiger partial charge >= 0.3 is 11.7 Å². The van der Waals surface area contributed by atoms with Crippen molar-refractivity contribution in [2.24, 2.45) is 4.99 Å². The monoisotopic (exact) mass is 625 g/mol. The Morgan fingerprint density at radius 1 is 1.23 bits per heavy atom. The smallest absolute Gasteiger partial charge is 0.338 e. The van der Waals surface area contributed by atoms with Crippen LogP contribution in [0, 0.1) is 15.9 Å². The lowest BCUT2D eigenvalue weighted by molar-refractivity contribution is -0.387. The standard InChI is InChI=1S/C30H25ClFN3O7S/c1-4-6-21-26(29(37)41-5-2)27(19-14-17(31)8-11-24(19)40-3)34-28(36)25(43-30(34)33-21)15-18-9-12-23(42-18)16-7-10-20(32)22(13-16)35(38)39/h7-15,27H,4-6H2,1-3H3/b25-15+/t27-/m0/s1. The van der Waals surface area contributed by atoms with Gasteiger partial charge in [0.25, 0.3) is 5.56 Å². The second-order valence-corrected chi connectivity index (χ2v) is 10.9. The first-order valence-electron chi connectivity index (χ1n) is 13.3. The Hall–Kier alpha value is -4.55. The van der Waals surface area contributed by atoms with Crippen molar-refractivity contribution in [3.8, 4) is 17.1 Å². The van der Waals surface area contributed by atoms with Gasteiger partial charge in [0.05, 0.1) is 34.4 Å². The lowest BCUT2D eigenvalue weighted by Crippen LogP contribution is -2.40. The SMILES string of the molecule is CCCC1=C(C(=O)OCC)[C@H](c2cc(Cl)ccc2OC)n2c(s/c(=C/c3ccc(-c4ccc(F)c([N+](=O)[O-])c4)o3)c2=O)=N1. The summed E-state index contributed by atoms with van der Waals surface area (Å²) in [6.07, 6.45) is 2.67. The zero-order chi connectivity index (χ0) is 30.8. The maximum Gasteiger partial charge on any atom is 0.338 e. The number of nitrogens with zero attached hydrogens (tertiary/aromatic N) is 3. The molecule has 0 bridgehead atoms. The molecule has 0 unspecified atom stereocenters. The van der Waals surface area contributed by atoms with Crippen LogP contribution < -0.4 is 19.6 Å². The summed E-state index contributed by atoms with van der Waals surface area (Å²) in [5.74, 6) is -0.606. The molecule has 5 rings (SSSR count). The number of carbonyl (C=O) groups excluding carboxylic acids is 1. The maximum absolute atomic E-state index is 14.0. The number of benzene rings is 2. The van der Waals surface area contributed by atoms with Crippen molar-refractivity contribution < 1.29 is 28.0 Å². The van der Waals surface area contributed by atoms with E-state index in [1.54, 1.807) is 37.3 Å². The first-order valence-corrected chi connectivity index (χ1v) is 14.5. The number of aromatic nitrogens is 1. The number of halogens is 2. The Morgan fingerprint density at radius 3 is 2.72 bits per heavy atom. The molecule has 0 fully saturated rings. The summed E-state index contributed by atoms with van der Waals surface area (Å²) < 4.78 is 32.4. The number of furan rings is 1. The van der Waals surface area contributed by atoms with Crippen LogP contribution in [-0.4, -0.2) is 29.2 Å². The molecule has 13 heteroatoms. The number of carbonyl (C=O) groups is 1. The number of allylic oxidation sites excluding steroid dienone is 1. The van der Waals surface area contributed by atoms with E-state index in [4.69, 9.17) is 30.5 Å². The van der Waals surface area contributed by atoms with Crippen LogP contribution in [0.25, 0.3) is 17.4 Å². The van der Waals surface area contributed by atoms with E-state index < -0.39 is 34.0 Å². The quantitative estimate of drug-likeness (QED) is 0.136. The molecule has 0 aliphatic carbocycles. The fourth-order valence-electron chi connectivity index (χ4n) is 4.85. The number of hydrogen-bond donors (Lipinski definition) is 0. The highest BCUT2D eigenvalue weighted by atomic mass is 35.5. The number of nitro benzene ring substituents is 1. The minimum atomic E-state index is -0.961. The highest BCUT2D eigenvalue weighted by Crippen LogP contribution is 2.38. The Bertz CT molecular complexity index is 1960. The summed E-state index contributed by atoms with van der Waals surface area (Å²) in [7, 11) is 1.49. The first-order chi connectivity index (χ1) is 20.7. The van der Waals surface area contributed by atoms with Crippen LogP contribution in [0.2, 0.25) is 5.02 Å². The molecule has 1 aliphatic heterocycles. The van der Waals surface area contributed by atoms with Gasteiger partial charge in [-0.1, -0.05) is 36.3 Å². The molecule has 2 aromatic carbocycles. The molecule has 0 amide bonds. The van der Waals surface area contributed by atoms with E-state index >= 15 is 0 Å². The summed E-state index contributed by atoms with van der Waals surface area (Å²) in [6.45, 7) is 3.79. The topological polar surface area (TPSA) is 126 Å². The fourth-order valence-corrected chi connectivity index (χ4v) is 6.04. The molecule has 43 heavy (non-hydrogen) atoms. The van der Waals surface area contributed by atoms with Crippen LogP contribution in [0.4, 0.5) is 10.1 Å². The molecule has 0 N–H and O–H groups in total. The number of rotatable bonds is 9. The van der Waals surface area contributed by atoms with E-state index in [-0.39, 0.29) is 28.2 Å². The second kappa shape index (κ2) is 12.4. The Labute approximate surface area is 253 Å². The average molecular weight is 626 g/mol. The van der Waals surface area contributed by atoms with Gasteiger partial charge in [-0.25, -0.2) is 9.79 Å². The van der Waals surface area contributed by atoms with E-state index in [1.807, 2.05) is 6.92 Å². The normalized spacial score (nSPS) is 14.8. The highest BCUT2D eigenvalue weighted by molar-refractivity contribution is 7.07. The van der Waals surface area contributed by atoms with Crippen molar-refractivity contribution in [2.75, 3.05) is 13.7 Å². The van der Waals surface area contributed by atoms with Gasteiger partial charge in [0, 0.05) is 28.3 Å². The van der Waals surface area contributed by atoms with E-state index in [0.29, 0.717) is 45.2 Å². The summed E-state index contributed by atoms with van der Waals surface area (Å²) >= 11 is 7.49. The van der Waals surface area contributed by atoms with Crippen molar-refractivity contribution >= 4 is 40.7 Å². The van der Waals surface area contributed by atoms with Crippen LogP contribution in [0.3, 0.4) is 0 Å². The molecule has 0 radical (unpaired) electrons. The maximum atomic E-state index is 14.0. The molecular formula is C30H25ClFN3O7S. The Kier molecular flexibility index (Phi) is 8.60. The number of ether oxygens (including phenoxy) is 2. The van der Waals surface area contributed by atoms with Gasteiger partial charge in [0.1, 0.15) is 23.3 Å². The van der Waals surface area contributed by atoms with Crippen LogP contribution >= 0.6 is 22.9 Å². The van der Waals surface area contributed by atoms with Crippen molar-refractivity contribution in [1.82, 2.24) is 4.57 Å². The molecule has 10 nitrogen and oxygen atoms in total. The minimum absolute atomic E-state index is 0.129. The van der Waals surface area contributed by atoms with E-state index in [9.17, 15) is 24.1 Å². The zero-order valence-electron chi connectivity index (χ0n) is 23.3. The third-order valence-electron chi connectivity index (χ3n) is 6.71. The van der Waals surface area contributed by atoms with Crippen molar-refractivity contribution in [2.45, 2.75) is 32.7 Å². The van der Waals surface area contributed by atoms with Gasteiger partial charge in [-0.3, -0.25) is 19.5 Å². The van der Waals surface area contributed by atoms with Gasteiger partial charge < -0.3 is 13.9 Å². The predicted molar refractivity (Wildman–Crippen MR) is 158 cm³/mol. The largest absolute Gasteiger partial charge is 0.496 e. The van der Waals surface area contributed by atoms with E-state index in [2.05, 4.69) is 0 Å². The predicted octanol–water partition coefficient (Wildman–Crippen LogP) is 5.55. The average Bonchev–Trinajstić information content (AvgIpc) is 3.57. The minimum Gasteiger partial charge on any atom is -0.496 e. The number of nitro groups is 1. The zero-order valence-corrected chi connectivity index (χ0v) is 24.8. The molecule has 2 aromatic heterocycles. The number of esters is 1. The van der Waals surface area contributed by atoms with E-state index in [0.717, 1.165) is 23.5 Å². The van der Waals surface area contributed by atoms with Crippen molar-refractivity contribution in [3.05, 3.63) is 112 Å². The number of methoxy groups -OCH3 is 1. The van der Waals surface area contributed by atoms with E-state index in [1.165, 1.54) is 23.8 Å². The Balaban J connectivity index is 1.69. The van der Waals surface area contributed by atoms with Crippen LogP contribution in [-0.2, 0) is 9.53 Å². The van der Waals surface area contributed by atoms with Gasteiger partial charge in [0.2, 0.25) is 5.82 Å². The van der Waals surface area contributed by atoms with Crippen LogP contribution in [0.15, 0.2) is 74.0 Å². The molecule has 3 heterocycles. The van der Waals surface area contributed by atoms with Gasteiger partial charge in [-0.2, -0.15) is 4.39 Å². The lowest BCUT2D eigenvalue weighted by atomic mass is 9.93. The fraction of sp³-hybridized carbons (Fsp3) is 0.233. The molecule has 1 aliphatic rings. The molecule has 4 aromatic rings. The lowest BCUT2D eigenvalue weighted by Gasteiger charge is -2.27.